The molecule has 0 aliphatic carbocycles. The molecule has 2 heterocycles. The molecule has 0 atom stereocenters. The molecule has 4 rings (SSSR count). The van der Waals surface area contributed by atoms with E-state index in [0.29, 0.717) is 0 Å². The topological polar surface area (TPSA) is 15.8 Å². The van der Waals surface area contributed by atoms with Gasteiger partial charge in [-0.2, -0.15) is 0 Å². The molecule has 2 heteroatoms. The van der Waals surface area contributed by atoms with E-state index in [1.165, 1.54) is 31.1 Å². The van der Waals surface area contributed by atoms with Crippen molar-refractivity contribution in [3.8, 4) is 0 Å². The van der Waals surface area contributed by atoms with Crippen molar-refractivity contribution in [1.29, 1.82) is 0 Å². The summed E-state index contributed by atoms with van der Waals surface area (Å²) < 4.78 is 1.39. The standard InChI is InChI=1S/C14H9NS/c1-2-4-10-9(3-1)5-6-11-12-7-8-15-14(12)16-13(10)11/h1-8,15H. The van der Waals surface area contributed by atoms with Gasteiger partial charge in [-0.25, -0.2) is 0 Å². The molecule has 0 fully saturated rings. The van der Waals surface area contributed by atoms with Crippen LogP contribution in [0.1, 0.15) is 0 Å². The zero-order valence-electron chi connectivity index (χ0n) is 8.53. The fourth-order valence-electron chi connectivity index (χ4n) is 2.32. The van der Waals surface area contributed by atoms with Crippen molar-refractivity contribution in [2.75, 3.05) is 0 Å². The Bertz CT molecular complexity index is 801. The second-order valence-corrected chi connectivity index (χ2v) is 5.01. The molecular formula is C14H9NS. The lowest BCUT2D eigenvalue weighted by Gasteiger charge is -1.98. The maximum Gasteiger partial charge on any atom is 0.101 e. The molecule has 2 aromatic carbocycles. The molecule has 0 radical (unpaired) electrons. The van der Waals surface area contributed by atoms with Crippen LogP contribution in [0.2, 0.25) is 0 Å². The highest BCUT2D eigenvalue weighted by Gasteiger charge is 2.07. The van der Waals surface area contributed by atoms with E-state index in [2.05, 4.69) is 47.4 Å². The molecule has 0 unspecified atom stereocenters. The lowest BCUT2D eigenvalue weighted by molar-refractivity contribution is 1.51. The minimum absolute atomic E-state index is 1.27. The second kappa shape index (κ2) is 2.86. The molecule has 0 amide bonds. The largest absolute Gasteiger partial charge is 0.353 e. The lowest BCUT2D eigenvalue weighted by atomic mass is 10.1. The summed E-state index contributed by atoms with van der Waals surface area (Å²) in [5.74, 6) is 0. The molecule has 1 N–H and O–H groups in total. The van der Waals surface area contributed by atoms with Crippen molar-refractivity contribution >= 4 is 42.4 Å². The monoisotopic (exact) mass is 223 g/mol. The van der Waals surface area contributed by atoms with E-state index in [0.717, 1.165) is 0 Å². The number of aromatic amines is 1. The highest BCUT2D eigenvalue weighted by Crippen LogP contribution is 2.37. The molecule has 76 valence electrons. The van der Waals surface area contributed by atoms with Crippen LogP contribution in [0.5, 0.6) is 0 Å². The van der Waals surface area contributed by atoms with Crippen LogP contribution in [0.4, 0.5) is 0 Å². The van der Waals surface area contributed by atoms with Crippen molar-refractivity contribution in [3.05, 3.63) is 48.7 Å². The Labute approximate surface area is 96.3 Å². The van der Waals surface area contributed by atoms with Crippen molar-refractivity contribution in [2.24, 2.45) is 0 Å². The first-order valence-electron chi connectivity index (χ1n) is 5.31. The Balaban J connectivity index is 2.36. The summed E-state index contributed by atoms with van der Waals surface area (Å²) in [5, 5.41) is 5.37. The summed E-state index contributed by atoms with van der Waals surface area (Å²) in [6.07, 6.45) is 2.01. The van der Waals surface area contributed by atoms with Gasteiger partial charge in [-0.05, 0) is 16.8 Å². The van der Waals surface area contributed by atoms with E-state index < -0.39 is 0 Å². The molecule has 0 bridgehead atoms. The predicted molar refractivity (Wildman–Crippen MR) is 71.2 cm³/mol. The van der Waals surface area contributed by atoms with Gasteiger partial charge in [0.15, 0.2) is 0 Å². The number of hydrogen-bond acceptors (Lipinski definition) is 1. The third kappa shape index (κ3) is 0.947. The van der Waals surface area contributed by atoms with Crippen LogP contribution in [-0.4, -0.2) is 4.98 Å². The van der Waals surface area contributed by atoms with E-state index in [9.17, 15) is 0 Å². The van der Waals surface area contributed by atoms with Gasteiger partial charge >= 0.3 is 0 Å². The van der Waals surface area contributed by atoms with E-state index in [1.54, 1.807) is 0 Å². The predicted octanol–water partition coefficient (Wildman–Crippen LogP) is 4.54. The summed E-state index contributed by atoms with van der Waals surface area (Å²) in [4.78, 5) is 4.56. The van der Waals surface area contributed by atoms with Gasteiger partial charge in [-0.15, -0.1) is 11.3 Å². The smallest absolute Gasteiger partial charge is 0.101 e. The average molecular weight is 223 g/mol. The molecule has 0 aliphatic heterocycles. The quantitative estimate of drug-likeness (QED) is 0.450. The van der Waals surface area contributed by atoms with Gasteiger partial charge in [0.05, 0.1) is 0 Å². The van der Waals surface area contributed by atoms with Crippen molar-refractivity contribution < 1.29 is 0 Å². The zero-order valence-corrected chi connectivity index (χ0v) is 9.34. The third-order valence-corrected chi connectivity index (χ3v) is 4.27. The van der Waals surface area contributed by atoms with Gasteiger partial charge in [0.1, 0.15) is 4.83 Å². The number of hydrogen-bond donors (Lipinski definition) is 1. The van der Waals surface area contributed by atoms with Gasteiger partial charge in [-0.1, -0.05) is 36.4 Å². The maximum absolute atomic E-state index is 3.29. The second-order valence-electron chi connectivity index (χ2n) is 3.99. The first-order valence-corrected chi connectivity index (χ1v) is 6.12. The van der Waals surface area contributed by atoms with Crippen LogP contribution in [0.15, 0.2) is 48.7 Å². The van der Waals surface area contributed by atoms with E-state index in [4.69, 9.17) is 0 Å². The first kappa shape index (κ1) is 8.36. The molecule has 0 spiro atoms. The molecular weight excluding hydrogens is 214 g/mol. The number of thiophene rings is 1. The van der Waals surface area contributed by atoms with Gasteiger partial charge in [0.25, 0.3) is 0 Å². The Morgan fingerprint density at radius 3 is 2.75 bits per heavy atom. The Kier molecular flexibility index (Phi) is 1.50. The molecule has 0 saturated carbocycles. The van der Waals surface area contributed by atoms with Gasteiger partial charge in [0.2, 0.25) is 0 Å². The normalized spacial score (nSPS) is 11.8. The highest BCUT2D eigenvalue weighted by atomic mass is 32.1. The summed E-state index contributed by atoms with van der Waals surface area (Å²) in [7, 11) is 0. The molecule has 0 saturated heterocycles. The summed E-state index contributed by atoms with van der Waals surface area (Å²) in [6, 6.07) is 15.2. The summed E-state index contributed by atoms with van der Waals surface area (Å²) >= 11 is 1.84. The number of rotatable bonds is 0. The summed E-state index contributed by atoms with van der Waals surface area (Å²) in [6.45, 7) is 0. The van der Waals surface area contributed by atoms with Crippen molar-refractivity contribution in [3.63, 3.8) is 0 Å². The Morgan fingerprint density at radius 2 is 1.75 bits per heavy atom. The van der Waals surface area contributed by atoms with Crippen LogP contribution < -0.4 is 0 Å². The number of benzene rings is 2. The van der Waals surface area contributed by atoms with Crippen LogP contribution in [0.25, 0.3) is 31.1 Å². The number of nitrogens with one attached hydrogen (secondary N) is 1. The van der Waals surface area contributed by atoms with Gasteiger partial charge < -0.3 is 4.98 Å². The van der Waals surface area contributed by atoms with E-state index in [1.807, 2.05) is 17.5 Å². The van der Waals surface area contributed by atoms with E-state index in [-0.39, 0.29) is 0 Å². The zero-order chi connectivity index (χ0) is 10.5. The van der Waals surface area contributed by atoms with Crippen molar-refractivity contribution in [2.45, 2.75) is 0 Å². The fraction of sp³-hybridized carbons (Fsp3) is 0. The summed E-state index contributed by atoms with van der Waals surface area (Å²) in [5.41, 5.74) is 0. The first-order chi connectivity index (χ1) is 7.93. The van der Waals surface area contributed by atoms with Gasteiger partial charge in [-0.3, -0.25) is 0 Å². The maximum atomic E-state index is 3.29. The highest BCUT2D eigenvalue weighted by molar-refractivity contribution is 7.26. The van der Waals surface area contributed by atoms with Crippen LogP contribution in [-0.2, 0) is 0 Å². The van der Waals surface area contributed by atoms with E-state index >= 15 is 0 Å². The minimum Gasteiger partial charge on any atom is -0.353 e. The third-order valence-electron chi connectivity index (χ3n) is 3.08. The minimum atomic E-state index is 1.27. The Hall–Kier alpha value is -1.80. The van der Waals surface area contributed by atoms with Crippen LogP contribution in [0, 0.1) is 0 Å². The van der Waals surface area contributed by atoms with Gasteiger partial charge in [0, 0.05) is 21.7 Å². The van der Waals surface area contributed by atoms with Crippen LogP contribution >= 0.6 is 11.3 Å². The fourth-order valence-corrected chi connectivity index (χ4v) is 3.52. The average Bonchev–Trinajstić information content (AvgIpc) is 2.88. The molecule has 4 aromatic rings. The molecule has 2 aromatic heterocycles. The number of aromatic nitrogens is 1. The Morgan fingerprint density at radius 1 is 0.812 bits per heavy atom. The molecule has 16 heavy (non-hydrogen) atoms. The lowest BCUT2D eigenvalue weighted by Crippen LogP contribution is -1.71. The molecule has 0 aliphatic rings. The number of H-pyrrole nitrogens is 1. The SMILES string of the molecule is c1ccc2c(c1)ccc1c3cc[nH]c3sc21. The number of fused-ring (bicyclic) bond motifs is 5. The van der Waals surface area contributed by atoms with Crippen LogP contribution in [0.3, 0.4) is 0 Å². The van der Waals surface area contributed by atoms with Crippen molar-refractivity contribution in [1.82, 2.24) is 4.98 Å². The molecule has 1 nitrogen and oxygen atoms in total.